The van der Waals surface area contributed by atoms with Crippen LogP contribution in [0.2, 0.25) is 0 Å². The molecule has 132 valence electrons. The molecule has 2 aromatic rings. The van der Waals surface area contributed by atoms with Gasteiger partial charge in [-0.3, -0.25) is 9.78 Å². The van der Waals surface area contributed by atoms with E-state index in [2.05, 4.69) is 11.1 Å². The highest BCUT2D eigenvalue weighted by molar-refractivity contribution is 6.64. The quantitative estimate of drug-likeness (QED) is 0.659. The summed E-state index contributed by atoms with van der Waals surface area (Å²) < 4.78 is 13.7. The molecule has 4 rings (SSSR count). The molecule has 1 aromatic carbocycles. The monoisotopic (exact) mass is 359 g/mol. The van der Waals surface area contributed by atoms with Gasteiger partial charge in [-0.25, -0.2) is 4.39 Å². The van der Waals surface area contributed by atoms with Crippen LogP contribution in [0.5, 0.6) is 0 Å². The van der Waals surface area contributed by atoms with Crippen molar-refractivity contribution in [2.75, 3.05) is 0 Å². The zero-order chi connectivity index (χ0) is 17.8. The summed E-state index contributed by atoms with van der Waals surface area (Å²) in [6.07, 6.45) is 6.21. The van der Waals surface area contributed by atoms with Crippen molar-refractivity contribution in [3.05, 3.63) is 41.8 Å². The molecule has 0 aliphatic heterocycles. The number of benzene rings is 1. The lowest BCUT2D eigenvalue weighted by Gasteiger charge is -2.28. The lowest BCUT2D eigenvalue weighted by atomic mass is 9.77. The summed E-state index contributed by atoms with van der Waals surface area (Å²) in [5, 5.41) is 0.727. The Balaban J connectivity index is 1.56. The summed E-state index contributed by atoms with van der Waals surface area (Å²) in [7, 11) is 0. The minimum Gasteiger partial charge on any atom is -0.281 e. The fourth-order valence-electron chi connectivity index (χ4n) is 5.12. The molecule has 2 nitrogen and oxygen atoms in total. The van der Waals surface area contributed by atoms with E-state index in [1.54, 1.807) is 12.1 Å². The number of hydrogen-bond donors (Lipinski definition) is 0. The van der Waals surface area contributed by atoms with Crippen molar-refractivity contribution in [1.82, 2.24) is 4.98 Å². The van der Waals surface area contributed by atoms with Gasteiger partial charge in [0.2, 0.25) is 5.24 Å². The summed E-state index contributed by atoms with van der Waals surface area (Å²) >= 11 is 5.83. The van der Waals surface area contributed by atoms with E-state index in [1.165, 1.54) is 11.6 Å². The molecule has 0 N–H and O–H groups in total. The molecule has 0 bridgehead atoms. The SMILES string of the molecule is CC(C)(C(=O)Cl)C1C[C@H]2CC(c3ccnc4ccc(F)cc34)C[C@H]2C1. The summed E-state index contributed by atoms with van der Waals surface area (Å²) in [6, 6.07) is 6.90. The van der Waals surface area contributed by atoms with Gasteiger partial charge in [0, 0.05) is 17.0 Å². The normalized spacial score (nSPS) is 29.1. The van der Waals surface area contributed by atoms with Gasteiger partial charge in [-0.2, -0.15) is 0 Å². The summed E-state index contributed by atoms with van der Waals surface area (Å²) in [5.74, 6) is 1.91. The molecule has 25 heavy (non-hydrogen) atoms. The number of pyridine rings is 1. The molecular weight excluding hydrogens is 337 g/mol. The lowest BCUT2D eigenvalue weighted by molar-refractivity contribution is -0.121. The molecule has 4 atom stereocenters. The lowest BCUT2D eigenvalue weighted by Crippen LogP contribution is -2.28. The van der Waals surface area contributed by atoms with Crippen molar-refractivity contribution in [2.45, 2.75) is 45.4 Å². The molecule has 0 radical (unpaired) electrons. The Morgan fingerprint density at radius 2 is 1.84 bits per heavy atom. The van der Waals surface area contributed by atoms with Gasteiger partial charge in [-0.1, -0.05) is 13.8 Å². The molecular formula is C21H23ClFNO. The van der Waals surface area contributed by atoms with Crippen molar-refractivity contribution in [3.8, 4) is 0 Å². The van der Waals surface area contributed by atoms with E-state index < -0.39 is 5.41 Å². The summed E-state index contributed by atoms with van der Waals surface area (Å²) in [5.41, 5.74) is 1.65. The highest BCUT2D eigenvalue weighted by Crippen LogP contribution is 2.56. The Bertz CT molecular complexity index is 820. The molecule has 2 saturated carbocycles. The fourth-order valence-corrected chi connectivity index (χ4v) is 5.27. The largest absolute Gasteiger partial charge is 0.281 e. The number of carbonyl (C=O) groups excluding carboxylic acids is 1. The number of halogens is 2. The molecule has 1 aromatic heterocycles. The van der Waals surface area contributed by atoms with Crippen molar-refractivity contribution in [3.63, 3.8) is 0 Å². The molecule has 4 heteroatoms. The minimum atomic E-state index is -0.437. The van der Waals surface area contributed by atoms with Crippen LogP contribution < -0.4 is 0 Å². The van der Waals surface area contributed by atoms with Gasteiger partial charge in [0.25, 0.3) is 0 Å². The zero-order valence-corrected chi connectivity index (χ0v) is 15.4. The molecule has 0 spiro atoms. The Morgan fingerprint density at radius 1 is 1.16 bits per heavy atom. The average molecular weight is 360 g/mol. The van der Waals surface area contributed by atoms with E-state index >= 15 is 0 Å². The maximum Gasteiger partial charge on any atom is 0.227 e. The van der Waals surface area contributed by atoms with Gasteiger partial charge in [-0.05, 0) is 90.8 Å². The van der Waals surface area contributed by atoms with Gasteiger partial charge in [0.05, 0.1) is 5.52 Å². The third kappa shape index (κ3) is 2.87. The number of hydrogen-bond acceptors (Lipinski definition) is 2. The Kier molecular flexibility index (Phi) is 4.10. The van der Waals surface area contributed by atoms with Gasteiger partial charge in [0.1, 0.15) is 5.82 Å². The van der Waals surface area contributed by atoms with Crippen molar-refractivity contribution in [1.29, 1.82) is 0 Å². The van der Waals surface area contributed by atoms with E-state index in [0.29, 0.717) is 23.7 Å². The maximum absolute atomic E-state index is 13.7. The second-order valence-electron chi connectivity index (χ2n) is 8.41. The van der Waals surface area contributed by atoms with Crippen molar-refractivity contribution in [2.24, 2.45) is 23.2 Å². The molecule has 2 aliphatic carbocycles. The average Bonchev–Trinajstić information content (AvgIpc) is 3.13. The second-order valence-corrected chi connectivity index (χ2v) is 8.76. The molecule has 0 amide bonds. The van der Waals surface area contributed by atoms with Crippen LogP contribution in [-0.2, 0) is 4.79 Å². The van der Waals surface area contributed by atoms with Gasteiger partial charge in [0.15, 0.2) is 0 Å². The number of nitrogens with zero attached hydrogens (tertiary/aromatic N) is 1. The Morgan fingerprint density at radius 3 is 2.48 bits per heavy atom. The Labute approximate surface area is 152 Å². The number of aromatic nitrogens is 1. The first-order chi connectivity index (χ1) is 11.9. The number of carbonyl (C=O) groups is 1. The van der Waals surface area contributed by atoms with Crippen LogP contribution in [0.15, 0.2) is 30.5 Å². The first-order valence-electron chi connectivity index (χ1n) is 9.10. The van der Waals surface area contributed by atoms with Gasteiger partial charge in [-0.15, -0.1) is 0 Å². The van der Waals surface area contributed by atoms with Gasteiger partial charge >= 0.3 is 0 Å². The molecule has 2 aliphatic rings. The van der Waals surface area contributed by atoms with Crippen LogP contribution in [0.3, 0.4) is 0 Å². The summed E-state index contributed by atoms with van der Waals surface area (Å²) in [4.78, 5) is 16.1. The molecule has 0 saturated heterocycles. The van der Waals surface area contributed by atoms with Crippen LogP contribution in [0.25, 0.3) is 10.9 Å². The Hall–Kier alpha value is -1.48. The smallest absolute Gasteiger partial charge is 0.227 e. The maximum atomic E-state index is 13.7. The predicted molar refractivity (Wildman–Crippen MR) is 98.0 cm³/mol. The number of rotatable bonds is 3. The third-order valence-electron chi connectivity index (χ3n) is 6.72. The van der Waals surface area contributed by atoms with Crippen LogP contribution in [-0.4, -0.2) is 10.2 Å². The molecule has 2 unspecified atom stereocenters. The summed E-state index contributed by atoms with van der Waals surface area (Å²) in [6.45, 7) is 3.95. The van der Waals surface area contributed by atoms with Crippen LogP contribution in [0, 0.1) is 29.0 Å². The minimum absolute atomic E-state index is 0.206. The van der Waals surface area contributed by atoms with Crippen molar-refractivity contribution < 1.29 is 9.18 Å². The van der Waals surface area contributed by atoms with E-state index in [-0.39, 0.29) is 11.1 Å². The van der Waals surface area contributed by atoms with Crippen LogP contribution in [0.4, 0.5) is 4.39 Å². The second kappa shape index (κ2) is 6.05. The van der Waals surface area contributed by atoms with Crippen LogP contribution in [0.1, 0.15) is 51.0 Å². The molecule has 2 fully saturated rings. The predicted octanol–water partition coefficient (Wildman–Crippen LogP) is 5.69. The first kappa shape index (κ1) is 17.0. The zero-order valence-electron chi connectivity index (χ0n) is 14.6. The molecule has 1 heterocycles. The number of fused-ring (bicyclic) bond motifs is 2. The van der Waals surface area contributed by atoms with E-state index in [9.17, 15) is 9.18 Å². The van der Waals surface area contributed by atoms with Gasteiger partial charge < -0.3 is 0 Å². The highest BCUT2D eigenvalue weighted by Gasteiger charge is 2.48. The topological polar surface area (TPSA) is 30.0 Å². The standard InChI is InChI=1S/C21H23ClFNO/c1-21(2,20(22)25)15-9-12-7-14(8-13(12)10-15)17-5-6-24-19-4-3-16(23)11-18(17)19/h3-6,11-15H,7-10H2,1-2H3/t12-,13+,14?,15?. The fraction of sp³-hybridized carbons (Fsp3) is 0.524. The first-order valence-corrected chi connectivity index (χ1v) is 9.48. The van der Waals surface area contributed by atoms with Crippen molar-refractivity contribution >= 4 is 27.7 Å². The van der Waals surface area contributed by atoms with Crippen LogP contribution >= 0.6 is 11.6 Å². The van der Waals surface area contributed by atoms with E-state index in [1.807, 2.05) is 20.0 Å². The van der Waals surface area contributed by atoms with E-state index in [4.69, 9.17) is 11.6 Å². The highest BCUT2D eigenvalue weighted by atomic mass is 35.5. The third-order valence-corrected chi connectivity index (χ3v) is 7.21. The van der Waals surface area contributed by atoms with E-state index in [0.717, 1.165) is 36.6 Å².